The first-order chi connectivity index (χ1) is 7.77. The number of ether oxygens (including phenoxy) is 5. The van der Waals surface area contributed by atoms with Gasteiger partial charge in [0.25, 0.3) is 0 Å². The molecule has 0 radical (unpaired) electrons. The molecule has 5 unspecified atom stereocenters. The molecule has 3 fully saturated rings. The molecule has 0 spiro atoms. The topological polar surface area (TPSA) is 66.4 Å². The second-order valence-electron chi connectivity index (χ2n) is 5.56. The third kappa shape index (κ3) is 1.89. The molecule has 0 aromatic heterocycles. The Hall–Kier alpha value is -0.240. The maximum atomic E-state index is 9.86. The lowest BCUT2D eigenvalue weighted by Gasteiger charge is -2.41. The van der Waals surface area contributed by atoms with Crippen molar-refractivity contribution in [1.82, 2.24) is 0 Å². The highest BCUT2D eigenvalue weighted by molar-refractivity contribution is 4.97. The van der Waals surface area contributed by atoms with E-state index in [9.17, 15) is 5.11 Å². The van der Waals surface area contributed by atoms with E-state index in [2.05, 4.69) is 0 Å². The summed E-state index contributed by atoms with van der Waals surface area (Å²) in [7, 11) is 0. The lowest BCUT2D eigenvalue weighted by atomic mass is 10.1. The van der Waals surface area contributed by atoms with E-state index in [4.69, 9.17) is 23.7 Å². The molecule has 3 aliphatic rings. The van der Waals surface area contributed by atoms with Crippen LogP contribution in [0.3, 0.4) is 0 Å². The van der Waals surface area contributed by atoms with Crippen molar-refractivity contribution in [3.05, 3.63) is 0 Å². The molecule has 98 valence electrons. The van der Waals surface area contributed by atoms with Gasteiger partial charge in [0.15, 0.2) is 24.2 Å². The minimum absolute atomic E-state index is 0.326. The molecule has 0 aromatic carbocycles. The Balaban J connectivity index is 1.82. The van der Waals surface area contributed by atoms with E-state index in [1.54, 1.807) is 13.8 Å². The predicted octanol–water partition coefficient (Wildman–Crippen LogP) is 0.333. The Labute approximate surface area is 99.7 Å². The van der Waals surface area contributed by atoms with Crippen molar-refractivity contribution in [3.8, 4) is 0 Å². The Kier molecular flexibility index (Phi) is 2.37. The molecule has 0 amide bonds. The molecule has 0 bridgehead atoms. The molecule has 6 nitrogen and oxygen atoms in total. The normalized spacial score (nSPS) is 51.0. The van der Waals surface area contributed by atoms with Crippen LogP contribution in [0.15, 0.2) is 0 Å². The Morgan fingerprint density at radius 1 is 0.765 bits per heavy atom. The van der Waals surface area contributed by atoms with Gasteiger partial charge in [-0.15, -0.1) is 0 Å². The standard InChI is InChI=1S/C11H18O6/c1-10(2)14-5-6(8(12)16-10)13-9-7(5)15-11(3,4)17-9/h5-9,12H,1-4H3. The zero-order chi connectivity index (χ0) is 12.4. The van der Waals surface area contributed by atoms with Crippen molar-refractivity contribution >= 4 is 0 Å². The van der Waals surface area contributed by atoms with Crippen LogP contribution in [0.4, 0.5) is 0 Å². The summed E-state index contributed by atoms with van der Waals surface area (Å²) >= 11 is 0. The average Bonchev–Trinajstić information content (AvgIpc) is 2.58. The fraction of sp³-hybridized carbons (Fsp3) is 1.00. The molecule has 0 saturated carbocycles. The predicted molar refractivity (Wildman–Crippen MR) is 54.7 cm³/mol. The van der Waals surface area contributed by atoms with Crippen LogP contribution in [0, 0.1) is 0 Å². The third-order valence-corrected chi connectivity index (χ3v) is 3.13. The fourth-order valence-corrected chi connectivity index (χ4v) is 2.58. The zero-order valence-electron chi connectivity index (χ0n) is 10.4. The first kappa shape index (κ1) is 11.8. The van der Waals surface area contributed by atoms with Gasteiger partial charge >= 0.3 is 0 Å². The Bertz CT molecular complexity index is 328. The van der Waals surface area contributed by atoms with Crippen LogP contribution in [0.25, 0.3) is 0 Å². The second-order valence-corrected chi connectivity index (χ2v) is 5.56. The van der Waals surface area contributed by atoms with E-state index in [1.807, 2.05) is 13.8 Å². The third-order valence-electron chi connectivity index (χ3n) is 3.13. The summed E-state index contributed by atoms with van der Waals surface area (Å²) in [6.45, 7) is 7.15. The molecule has 0 aliphatic carbocycles. The van der Waals surface area contributed by atoms with E-state index < -0.39 is 30.3 Å². The largest absolute Gasteiger partial charge is 0.366 e. The number of aliphatic hydroxyl groups excluding tert-OH is 1. The summed E-state index contributed by atoms with van der Waals surface area (Å²) in [5.74, 6) is -1.54. The lowest BCUT2D eigenvalue weighted by molar-refractivity contribution is -0.381. The molecule has 17 heavy (non-hydrogen) atoms. The number of aliphatic hydroxyl groups is 1. The Morgan fingerprint density at radius 3 is 2.06 bits per heavy atom. The van der Waals surface area contributed by atoms with Crippen molar-refractivity contribution in [2.45, 2.75) is 70.2 Å². The number of fused-ring (bicyclic) bond motifs is 3. The maximum Gasteiger partial charge on any atom is 0.190 e. The van der Waals surface area contributed by atoms with Crippen molar-refractivity contribution in [2.24, 2.45) is 0 Å². The summed E-state index contributed by atoms with van der Waals surface area (Å²) < 4.78 is 28.0. The molecule has 3 heterocycles. The monoisotopic (exact) mass is 246 g/mol. The van der Waals surface area contributed by atoms with Crippen LogP contribution >= 0.6 is 0 Å². The van der Waals surface area contributed by atoms with E-state index >= 15 is 0 Å². The molecule has 0 aromatic rings. The van der Waals surface area contributed by atoms with E-state index in [0.717, 1.165) is 0 Å². The van der Waals surface area contributed by atoms with Crippen LogP contribution in [-0.4, -0.2) is 47.6 Å². The molecule has 3 saturated heterocycles. The number of hydrogen-bond donors (Lipinski definition) is 1. The van der Waals surface area contributed by atoms with Gasteiger partial charge in [0.05, 0.1) is 0 Å². The summed E-state index contributed by atoms with van der Waals surface area (Å²) in [5.41, 5.74) is 0. The van der Waals surface area contributed by atoms with Crippen LogP contribution in [-0.2, 0) is 23.7 Å². The van der Waals surface area contributed by atoms with Crippen LogP contribution in [0.5, 0.6) is 0 Å². The van der Waals surface area contributed by atoms with Crippen molar-refractivity contribution < 1.29 is 28.8 Å². The molecular formula is C11H18O6. The van der Waals surface area contributed by atoms with Gasteiger partial charge in [-0.25, -0.2) is 0 Å². The second kappa shape index (κ2) is 3.40. The van der Waals surface area contributed by atoms with Crippen LogP contribution < -0.4 is 0 Å². The molecule has 3 rings (SSSR count). The van der Waals surface area contributed by atoms with Gasteiger partial charge in [0.1, 0.15) is 18.3 Å². The summed E-state index contributed by atoms with van der Waals surface area (Å²) in [5, 5.41) is 9.86. The van der Waals surface area contributed by atoms with Crippen molar-refractivity contribution in [3.63, 3.8) is 0 Å². The van der Waals surface area contributed by atoms with Crippen LogP contribution in [0.2, 0.25) is 0 Å². The quantitative estimate of drug-likeness (QED) is 0.664. The van der Waals surface area contributed by atoms with Gasteiger partial charge in [-0.2, -0.15) is 0 Å². The minimum atomic E-state index is -1.02. The van der Waals surface area contributed by atoms with E-state index in [1.165, 1.54) is 0 Å². The first-order valence-corrected chi connectivity index (χ1v) is 5.82. The Morgan fingerprint density at radius 2 is 1.35 bits per heavy atom. The highest BCUT2D eigenvalue weighted by Crippen LogP contribution is 2.43. The minimum Gasteiger partial charge on any atom is -0.366 e. The summed E-state index contributed by atoms with van der Waals surface area (Å²) in [6, 6.07) is 0. The van der Waals surface area contributed by atoms with Crippen molar-refractivity contribution in [2.75, 3.05) is 0 Å². The average molecular weight is 246 g/mol. The van der Waals surface area contributed by atoms with E-state index in [0.29, 0.717) is 0 Å². The van der Waals surface area contributed by atoms with Gasteiger partial charge in [-0.3, -0.25) is 0 Å². The highest BCUT2D eigenvalue weighted by Gasteiger charge is 2.61. The number of hydrogen-bond acceptors (Lipinski definition) is 6. The zero-order valence-corrected chi connectivity index (χ0v) is 10.4. The van der Waals surface area contributed by atoms with Crippen molar-refractivity contribution in [1.29, 1.82) is 0 Å². The molecule has 6 heteroatoms. The van der Waals surface area contributed by atoms with Gasteiger partial charge < -0.3 is 28.8 Å². The number of rotatable bonds is 0. The molecular weight excluding hydrogens is 228 g/mol. The van der Waals surface area contributed by atoms with Gasteiger partial charge in [0.2, 0.25) is 0 Å². The first-order valence-electron chi connectivity index (χ1n) is 5.82. The maximum absolute atomic E-state index is 9.86. The fourth-order valence-electron chi connectivity index (χ4n) is 2.58. The van der Waals surface area contributed by atoms with Gasteiger partial charge in [-0.1, -0.05) is 0 Å². The summed E-state index contributed by atoms with van der Waals surface area (Å²) in [4.78, 5) is 0. The lowest BCUT2D eigenvalue weighted by Crippen LogP contribution is -2.55. The summed E-state index contributed by atoms with van der Waals surface area (Å²) in [6.07, 6.45) is -2.79. The van der Waals surface area contributed by atoms with E-state index in [-0.39, 0.29) is 12.2 Å². The van der Waals surface area contributed by atoms with Gasteiger partial charge in [0, 0.05) is 0 Å². The SMILES string of the molecule is CC1(C)OC2OC3C(O)OC(C)(C)OC3C2O1. The van der Waals surface area contributed by atoms with Crippen LogP contribution in [0.1, 0.15) is 27.7 Å². The highest BCUT2D eigenvalue weighted by atomic mass is 16.9. The smallest absolute Gasteiger partial charge is 0.190 e. The molecule has 3 aliphatic heterocycles. The molecule has 1 N–H and O–H groups in total. The van der Waals surface area contributed by atoms with Gasteiger partial charge in [-0.05, 0) is 27.7 Å². The molecule has 5 atom stereocenters.